The molecule has 1 heterocycles. The second-order valence-electron chi connectivity index (χ2n) is 5.18. The molecule has 21 heavy (non-hydrogen) atoms. The number of furan rings is 1. The highest BCUT2D eigenvalue weighted by molar-refractivity contribution is 6.09. The van der Waals surface area contributed by atoms with Gasteiger partial charge >= 0.3 is 0 Å². The smallest absolute Gasteiger partial charge is 0.193 e. The number of rotatable bonds is 3. The van der Waals surface area contributed by atoms with Crippen molar-refractivity contribution in [3.8, 4) is 11.3 Å². The molecule has 0 aliphatic rings. The highest BCUT2D eigenvalue weighted by Crippen LogP contribution is 2.21. The van der Waals surface area contributed by atoms with Crippen molar-refractivity contribution in [3.05, 3.63) is 83.1 Å². The summed E-state index contributed by atoms with van der Waals surface area (Å²) in [6.45, 7) is 4.06. The monoisotopic (exact) mass is 276 g/mol. The SMILES string of the molecule is Cc1ccc(C(=O)c2ccc(-c3ccco3)cc2)cc1C. The van der Waals surface area contributed by atoms with Crippen LogP contribution in [0.4, 0.5) is 0 Å². The van der Waals surface area contributed by atoms with E-state index in [4.69, 9.17) is 4.42 Å². The molecule has 104 valence electrons. The molecule has 0 aliphatic heterocycles. The van der Waals surface area contributed by atoms with Gasteiger partial charge in [-0.3, -0.25) is 4.79 Å². The van der Waals surface area contributed by atoms with Gasteiger partial charge in [0.2, 0.25) is 0 Å². The first-order valence-corrected chi connectivity index (χ1v) is 6.91. The average Bonchev–Trinajstić information content (AvgIpc) is 3.04. The fraction of sp³-hybridized carbons (Fsp3) is 0.105. The summed E-state index contributed by atoms with van der Waals surface area (Å²) in [6, 6.07) is 17.1. The first-order chi connectivity index (χ1) is 10.1. The maximum atomic E-state index is 12.5. The van der Waals surface area contributed by atoms with E-state index in [-0.39, 0.29) is 5.78 Å². The van der Waals surface area contributed by atoms with Crippen LogP contribution in [0.1, 0.15) is 27.0 Å². The molecule has 0 N–H and O–H groups in total. The van der Waals surface area contributed by atoms with E-state index in [9.17, 15) is 4.79 Å². The first-order valence-electron chi connectivity index (χ1n) is 6.91. The lowest BCUT2D eigenvalue weighted by molar-refractivity contribution is 0.103. The van der Waals surface area contributed by atoms with Crippen molar-refractivity contribution < 1.29 is 9.21 Å². The van der Waals surface area contributed by atoms with Gasteiger partial charge in [-0.25, -0.2) is 0 Å². The minimum Gasteiger partial charge on any atom is -0.464 e. The zero-order chi connectivity index (χ0) is 14.8. The molecule has 0 saturated carbocycles. The Morgan fingerprint density at radius 3 is 2.19 bits per heavy atom. The van der Waals surface area contributed by atoms with Crippen LogP contribution < -0.4 is 0 Å². The number of carbonyl (C=O) groups excluding carboxylic acids is 1. The molecule has 0 unspecified atom stereocenters. The molecule has 2 aromatic carbocycles. The lowest BCUT2D eigenvalue weighted by Gasteiger charge is -2.05. The van der Waals surface area contributed by atoms with Crippen LogP contribution in [0.25, 0.3) is 11.3 Å². The highest BCUT2D eigenvalue weighted by Gasteiger charge is 2.10. The average molecular weight is 276 g/mol. The molecule has 0 saturated heterocycles. The van der Waals surface area contributed by atoms with Crippen molar-refractivity contribution in [2.45, 2.75) is 13.8 Å². The van der Waals surface area contributed by atoms with Crippen LogP contribution in [0.3, 0.4) is 0 Å². The summed E-state index contributed by atoms with van der Waals surface area (Å²) in [4.78, 5) is 12.5. The Labute approximate surface area is 124 Å². The summed E-state index contributed by atoms with van der Waals surface area (Å²) in [5, 5.41) is 0. The zero-order valence-electron chi connectivity index (χ0n) is 12.1. The van der Waals surface area contributed by atoms with Gasteiger partial charge < -0.3 is 4.42 Å². The van der Waals surface area contributed by atoms with Crippen LogP contribution in [-0.4, -0.2) is 5.78 Å². The number of benzene rings is 2. The van der Waals surface area contributed by atoms with Crippen molar-refractivity contribution in [2.24, 2.45) is 0 Å². The van der Waals surface area contributed by atoms with Gasteiger partial charge in [-0.15, -0.1) is 0 Å². The molecule has 0 aliphatic carbocycles. The summed E-state index contributed by atoms with van der Waals surface area (Å²) in [7, 11) is 0. The molecule has 2 nitrogen and oxygen atoms in total. The molecule has 3 aromatic rings. The van der Waals surface area contributed by atoms with E-state index in [1.807, 2.05) is 68.4 Å². The van der Waals surface area contributed by atoms with Crippen LogP contribution in [0, 0.1) is 13.8 Å². The normalized spacial score (nSPS) is 10.6. The number of hydrogen-bond donors (Lipinski definition) is 0. The third-order valence-corrected chi connectivity index (χ3v) is 3.72. The predicted octanol–water partition coefficient (Wildman–Crippen LogP) is 4.79. The van der Waals surface area contributed by atoms with Crippen molar-refractivity contribution >= 4 is 5.78 Å². The van der Waals surface area contributed by atoms with E-state index in [1.165, 1.54) is 5.56 Å². The minimum atomic E-state index is 0.0455. The van der Waals surface area contributed by atoms with Crippen LogP contribution in [0.2, 0.25) is 0 Å². The minimum absolute atomic E-state index is 0.0455. The lowest BCUT2D eigenvalue weighted by Crippen LogP contribution is -2.02. The van der Waals surface area contributed by atoms with E-state index < -0.39 is 0 Å². The maximum absolute atomic E-state index is 12.5. The standard InChI is InChI=1S/C19H16O2/c1-13-5-6-17(12-14(13)2)19(20)16-9-7-15(8-10-16)18-4-3-11-21-18/h3-12H,1-2H3. The van der Waals surface area contributed by atoms with Gasteiger partial charge in [-0.05, 0) is 43.2 Å². The molecule has 3 rings (SSSR count). The van der Waals surface area contributed by atoms with Crippen molar-refractivity contribution in [3.63, 3.8) is 0 Å². The second kappa shape index (κ2) is 5.41. The highest BCUT2D eigenvalue weighted by atomic mass is 16.3. The molecule has 0 atom stereocenters. The van der Waals surface area contributed by atoms with E-state index in [0.717, 1.165) is 22.5 Å². The Morgan fingerprint density at radius 1 is 0.857 bits per heavy atom. The Hall–Kier alpha value is -2.61. The zero-order valence-corrected chi connectivity index (χ0v) is 12.1. The molecular formula is C19H16O2. The number of ketones is 1. The third kappa shape index (κ3) is 2.65. The summed E-state index contributed by atoms with van der Waals surface area (Å²) < 4.78 is 5.35. The van der Waals surface area contributed by atoms with Crippen LogP contribution in [0.15, 0.2) is 65.3 Å². The summed E-state index contributed by atoms with van der Waals surface area (Å²) in [5.41, 5.74) is 4.71. The molecule has 0 radical (unpaired) electrons. The lowest BCUT2D eigenvalue weighted by atomic mass is 9.98. The number of hydrogen-bond acceptors (Lipinski definition) is 2. The van der Waals surface area contributed by atoms with Crippen LogP contribution in [-0.2, 0) is 0 Å². The van der Waals surface area contributed by atoms with Gasteiger partial charge in [0.05, 0.1) is 6.26 Å². The van der Waals surface area contributed by atoms with Gasteiger partial charge in [0.15, 0.2) is 5.78 Å². The number of carbonyl (C=O) groups is 1. The Morgan fingerprint density at radius 2 is 1.57 bits per heavy atom. The van der Waals surface area contributed by atoms with Crippen molar-refractivity contribution in [1.82, 2.24) is 0 Å². The van der Waals surface area contributed by atoms with E-state index in [0.29, 0.717) is 5.56 Å². The van der Waals surface area contributed by atoms with Gasteiger partial charge in [-0.1, -0.05) is 36.4 Å². The molecule has 0 fully saturated rings. The predicted molar refractivity (Wildman–Crippen MR) is 83.5 cm³/mol. The van der Waals surface area contributed by atoms with Gasteiger partial charge in [0, 0.05) is 16.7 Å². The molecule has 0 spiro atoms. The van der Waals surface area contributed by atoms with Gasteiger partial charge in [-0.2, -0.15) is 0 Å². The third-order valence-electron chi connectivity index (χ3n) is 3.72. The molecule has 2 heteroatoms. The summed E-state index contributed by atoms with van der Waals surface area (Å²) in [6.07, 6.45) is 1.64. The van der Waals surface area contributed by atoms with Crippen molar-refractivity contribution in [2.75, 3.05) is 0 Å². The Bertz CT molecular complexity index is 766. The Kier molecular flexibility index (Phi) is 3.44. The largest absolute Gasteiger partial charge is 0.464 e. The second-order valence-corrected chi connectivity index (χ2v) is 5.18. The van der Waals surface area contributed by atoms with E-state index in [1.54, 1.807) is 6.26 Å². The fourth-order valence-corrected chi connectivity index (χ4v) is 2.28. The first kappa shape index (κ1) is 13.4. The van der Waals surface area contributed by atoms with E-state index >= 15 is 0 Å². The quantitative estimate of drug-likeness (QED) is 0.643. The number of aryl methyl sites for hydroxylation is 2. The maximum Gasteiger partial charge on any atom is 0.193 e. The van der Waals surface area contributed by atoms with Crippen molar-refractivity contribution in [1.29, 1.82) is 0 Å². The van der Waals surface area contributed by atoms with Crippen LogP contribution in [0.5, 0.6) is 0 Å². The Balaban J connectivity index is 1.89. The summed E-state index contributed by atoms with van der Waals surface area (Å²) in [5.74, 6) is 0.851. The molecule has 0 bridgehead atoms. The van der Waals surface area contributed by atoms with Crippen LogP contribution >= 0.6 is 0 Å². The van der Waals surface area contributed by atoms with E-state index in [2.05, 4.69) is 0 Å². The summed E-state index contributed by atoms with van der Waals surface area (Å²) >= 11 is 0. The molecule has 1 aromatic heterocycles. The topological polar surface area (TPSA) is 30.2 Å². The van der Waals surface area contributed by atoms with Gasteiger partial charge in [0.1, 0.15) is 5.76 Å². The van der Waals surface area contributed by atoms with Gasteiger partial charge in [0.25, 0.3) is 0 Å². The molecule has 0 amide bonds. The molecular weight excluding hydrogens is 260 g/mol. The fourth-order valence-electron chi connectivity index (χ4n) is 2.28.